The smallest absolute Gasteiger partial charge is 0.253 e. The quantitative estimate of drug-likeness (QED) is 0.580. The molecule has 2 aromatic carbocycles. The fraction of sp³-hybridized carbons (Fsp3) is 0.304. The highest BCUT2D eigenvalue weighted by Crippen LogP contribution is 2.40. The lowest BCUT2D eigenvalue weighted by Crippen LogP contribution is -2.34. The monoisotopic (exact) mass is 419 g/mol. The van der Waals surface area contributed by atoms with Crippen LogP contribution in [0.3, 0.4) is 0 Å². The molecule has 8 heteroatoms. The van der Waals surface area contributed by atoms with Gasteiger partial charge >= 0.3 is 0 Å². The predicted molar refractivity (Wildman–Crippen MR) is 121 cm³/mol. The highest BCUT2D eigenvalue weighted by atomic mass is 16.2. The Balaban J connectivity index is 2.15. The summed E-state index contributed by atoms with van der Waals surface area (Å²) in [6.45, 7) is 4.55. The molecular weight excluding hydrogens is 390 g/mol. The van der Waals surface area contributed by atoms with Crippen LogP contribution in [0.2, 0.25) is 0 Å². The van der Waals surface area contributed by atoms with Crippen LogP contribution >= 0.6 is 0 Å². The van der Waals surface area contributed by atoms with Crippen molar-refractivity contribution in [3.05, 3.63) is 83.2 Å². The van der Waals surface area contributed by atoms with Crippen molar-refractivity contribution < 1.29 is 4.79 Å². The molecule has 0 aliphatic rings. The Bertz CT molecular complexity index is 959. The molecule has 162 valence electrons. The Labute approximate surface area is 182 Å². The number of nitrogens with zero attached hydrogens (tertiary/aromatic N) is 5. The highest BCUT2D eigenvalue weighted by Gasteiger charge is 2.40. The standard InChI is InChI=1S/C23H29N7O/c1-16(29(2)3)17-6-10-19(11-7-17)23(14-15-24,22-25-27-28-26-22)20-12-8-18(9-13-20)21(31)30(4)5/h6-13H,1,14-15,24H2,2-5H3,(H,25,26,27,28). The number of rotatable bonds is 8. The summed E-state index contributed by atoms with van der Waals surface area (Å²) in [6.07, 6.45) is 0.571. The van der Waals surface area contributed by atoms with Gasteiger partial charge in [0.15, 0.2) is 5.82 Å². The first-order valence-corrected chi connectivity index (χ1v) is 10.0. The van der Waals surface area contributed by atoms with Crippen molar-refractivity contribution in [1.82, 2.24) is 30.4 Å². The molecule has 0 aliphatic carbocycles. The van der Waals surface area contributed by atoms with Gasteiger partial charge in [-0.2, -0.15) is 5.21 Å². The maximum absolute atomic E-state index is 12.3. The van der Waals surface area contributed by atoms with E-state index in [-0.39, 0.29) is 5.91 Å². The number of aromatic nitrogens is 4. The Morgan fingerprint density at radius 2 is 1.52 bits per heavy atom. The van der Waals surface area contributed by atoms with Gasteiger partial charge in [0.2, 0.25) is 0 Å². The van der Waals surface area contributed by atoms with Gasteiger partial charge in [0.25, 0.3) is 5.91 Å². The number of carbonyl (C=O) groups is 1. The van der Waals surface area contributed by atoms with Crippen LogP contribution in [0.15, 0.2) is 55.1 Å². The zero-order chi connectivity index (χ0) is 22.6. The van der Waals surface area contributed by atoms with Gasteiger partial charge in [0.05, 0.1) is 5.41 Å². The maximum Gasteiger partial charge on any atom is 0.253 e. The number of tetrazole rings is 1. The van der Waals surface area contributed by atoms with Crippen LogP contribution in [0.1, 0.15) is 39.3 Å². The van der Waals surface area contributed by atoms with Gasteiger partial charge < -0.3 is 15.5 Å². The zero-order valence-electron chi connectivity index (χ0n) is 18.5. The molecule has 1 unspecified atom stereocenters. The summed E-state index contributed by atoms with van der Waals surface area (Å²) in [5.74, 6) is 0.478. The van der Waals surface area contributed by atoms with E-state index < -0.39 is 5.41 Å². The summed E-state index contributed by atoms with van der Waals surface area (Å²) in [5.41, 5.74) is 9.83. The van der Waals surface area contributed by atoms with E-state index in [9.17, 15) is 4.79 Å². The molecule has 1 atom stereocenters. The second kappa shape index (κ2) is 9.09. The Hall–Kier alpha value is -3.52. The number of hydrogen-bond donors (Lipinski definition) is 2. The average molecular weight is 420 g/mol. The normalized spacial score (nSPS) is 12.8. The van der Waals surface area contributed by atoms with E-state index in [1.807, 2.05) is 55.4 Å². The number of hydrogen-bond acceptors (Lipinski definition) is 6. The van der Waals surface area contributed by atoms with E-state index in [0.717, 1.165) is 22.4 Å². The summed E-state index contributed by atoms with van der Waals surface area (Å²) in [4.78, 5) is 15.9. The van der Waals surface area contributed by atoms with Crippen LogP contribution in [0.4, 0.5) is 0 Å². The highest BCUT2D eigenvalue weighted by molar-refractivity contribution is 5.93. The first kappa shape index (κ1) is 22.2. The number of benzene rings is 2. The van der Waals surface area contributed by atoms with Crippen molar-refractivity contribution in [3.63, 3.8) is 0 Å². The third-order valence-electron chi connectivity index (χ3n) is 5.53. The lowest BCUT2D eigenvalue weighted by molar-refractivity contribution is 0.0827. The largest absolute Gasteiger partial charge is 0.378 e. The Kier molecular flexibility index (Phi) is 6.50. The fourth-order valence-electron chi connectivity index (χ4n) is 3.75. The Morgan fingerprint density at radius 1 is 0.968 bits per heavy atom. The molecule has 0 aliphatic heterocycles. The lowest BCUT2D eigenvalue weighted by atomic mass is 9.71. The first-order valence-electron chi connectivity index (χ1n) is 10.0. The lowest BCUT2D eigenvalue weighted by Gasteiger charge is -2.32. The number of nitrogens with one attached hydrogen (secondary N) is 1. The van der Waals surface area contributed by atoms with E-state index in [2.05, 4.69) is 39.3 Å². The molecule has 3 aromatic rings. The van der Waals surface area contributed by atoms with E-state index >= 15 is 0 Å². The van der Waals surface area contributed by atoms with Gasteiger partial charge in [0.1, 0.15) is 0 Å². The molecule has 0 spiro atoms. The van der Waals surface area contributed by atoms with Crippen molar-refractivity contribution in [3.8, 4) is 0 Å². The van der Waals surface area contributed by atoms with Crippen LogP contribution < -0.4 is 5.73 Å². The topological polar surface area (TPSA) is 104 Å². The van der Waals surface area contributed by atoms with Crippen LogP contribution in [0.25, 0.3) is 5.70 Å². The molecule has 8 nitrogen and oxygen atoms in total. The average Bonchev–Trinajstić information content (AvgIpc) is 3.32. The van der Waals surface area contributed by atoms with Crippen molar-refractivity contribution in [2.45, 2.75) is 11.8 Å². The number of nitrogens with two attached hydrogens (primary N) is 1. The molecule has 31 heavy (non-hydrogen) atoms. The van der Waals surface area contributed by atoms with Gasteiger partial charge in [-0.1, -0.05) is 48.2 Å². The minimum Gasteiger partial charge on any atom is -0.378 e. The number of amides is 1. The number of carbonyl (C=O) groups excluding carboxylic acids is 1. The van der Waals surface area contributed by atoms with Crippen molar-refractivity contribution in [1.29, 1.82) is 0 Å². The van der Waals surface area contributed by atoms with Gasteiger partial charge in [-0.05, 0) is 41.8 Å². The van der Waals surface area contributed by atoms with Crippen LogP contribution in [-0.4, -0.2) is 71.1 Å². The van der Waals surface area contributed by atoms with Crippen LogP contribution in [0.5, 0.6) is 0 Å². The summed E-state index contributed by atoms with van der Waals surface area (Å²) in [7, 11) is 7.39. The predicted octanol–water partition coefficient (Wildman–Crippen LogP) is 2.12. The molecule has 0 saturated carbocycles. The third-order valence-corrected chi connectivity index (χ3v) is 5.53. The van der Waals surface area contributed by atoms with E-state index in [0.29, 0.717) is 24.4 Å². The van der Waals surface area contributed by atoms with Gasteiger partial charge in [0, 0.05) is 39.5 Å². The molecule has 1 heterocycles. The van der Waals surface area contributed by atoms with Crippen LogP contribution in [-0.2, 0) is 5.41 Å². The molecule has 0 bridgehead atoms. The minimum absolute atomic E-state index is 0.0536. The number of aromatic amines is 1. The molecule has 0 saturated heterocycles. The van der Waals surface area contributed by atoms with Gasteiger partial charge in [-0.3, -0.25) is 4.79 Å². The fourth-order valence-corrected chi connectivity index (χ4v) is 3.75. The molecule has 3 rings (SSSR count). The van der Waals surface area contributed by atoms with E-state index in [1.54, 1.807) is 19.0 Å². The summed E-state index contributed by atoms with van der Waals surface area (Å²) < 4.78 is 0. The second-order valence-corrected chi connectivity index (χ2v) is 7.87. The molecule has 1 aromatic heterocycles. The summed E-state index contributed by atoms with van der Waals surface area (Å²) >= 11 is 0. The van der Waals surface area contributed by atoms with E-state index in [4.69, 9.17) is 5.73 Å². The van der Waals surface area contributed by atoms with Crippen molar-refractivity contribution in [2.75, 3.05) is 34.7 Å². The Morgan fingerprint density at radius 3 is 1.94 bits per heavy atom. The molecule has 0 radical (unpaired) electrons. The molecule has 3 N–H and O–H groups in total. The molecule has 1 amide bonds. The van der Waals surface area contributed by atoms with Crippen molar-refractivity contribution in [2.24, 2.45) is 5.73 Å². The summed E-state index contributed by atoms with van der Waals surface area (Å²) in [6, 6.07) is 15.7. The first-order chi connectivity index (χ1) is 14.8. The van der Waals surface area contributed by atoms with E-state index in [1.165, 1.54) is 0 Å². The summed E-state index contributed by atoms with van der Waals surface area (Å²) in [5, 5.41) is 15.0. The molecule has 0 fully saturated rings. The second-order valence-electron chi connectivity index (χ2n) is 7.87. The van der Waals surface area contributed by atoms with Gasteiger partial charge in [-0.15, -0.1) is 10.2 Å². The SMILES string of the molecule is C=C(c1ccc(C(CCN)(c2ccc(C(=O)N(C)C)cc2)c2nn[nH]n2)cc1)N(C)C. The van der Waals surface area contributed by atoms with Gasteiger partial charge in [-0.25, -0.2) is 0 Å². The third kappa shape index (κ3) is 4.20. The number of H-pyrrole nitrogens is 1. The van der Waals surface area contributed by atoms with Crippen LogP contribution in [0, 0.1) is 0 Å². The maximum atomic E-state index is 12.3. The zero-order valence-corrected chi connectivity index (χ0v) is 18.5. The van der Waals surface area contributed by atoms with Crippen molar-refractivity contribution >= 4 is 11.6 Å². The molecular formula is C23H29N7O. The minimum atomic E-state index is -0.709.